The number of imide groups is 2. The normalized spacial score (nSPS) is 25.7. The Labute approximate surface area is 286 Å². The smallest absolute Gasteiger partial charge is 0.335 e. The number of barbiturate groups is 1. The van der Waals surface area contributed by atoms with Crippen LogP contribution in [0.3, 0.4) is 0 Å². The number of anilines is 1. The second-order valence-corrected chi connectivity index (χ2v) is 14.4. The Balaban J connectivity index is 1.13. The molecule has 4 saturated carbocycles. The molecular formula is C37H35IN2O7. The maximum atomic E-state index is 13.7. The van der Waals surface area contributed by atoms with Gasteiger partial charge in [-0.05, 0) is 150 Å². The van der Waals surface area contributed by atoms with E-state index in [1.165, 1.54) is 56.2 Å². The molecule has 1 saturated heterocycles. The highest BCUT2D eigenvalue weighted by atomic mass is 127. The number of carboxylic acid groups (broad SMARTS) is 1. The zero-order valence-corrected chi connectivity index (χ0v) is 28.1. The molecule has 1 heterocycles. The van der Waals surface area contributed by atoms with Gasteiger partial charge in [-0.25, -0.2) is 14.5 Å². The number of benzene rings is 3. The zero-order valence-electron chi connectivity index (χ0n) is 26.0. The molecule has 4 amide bonds. The average molecular weight is 747 g/mol. The largest absolute Gasteiger partial charge is 0.490 e. The predicted octanol–water partition coefficient (Wildman–Crippen LogP) is 7.10. The molecule has 0 atom stereocenters. The topological polar surface area (TPSA) is 122 Å². The maximum Gasteiger partial charge on any atom is 0.335 e. The van der Waals surface area contributed by atoms with Crippen LogP contribution in [0.5, 0.6) is 11.5 Å². The van der Waals surface area contributed by atoms with Crippen LogP contribution in [0.15, 0.2) is 66.2 Å². The van der Waals surface area contributed by atoms with Crippen LogP contribution in [0.25, 0.3) is 6.08 Å². The summed E-state index contributed by atoms with van der Waals surface area (Å²) in [7, 11) is 0. The number of carbonyl (C=O) groups excluding carboxylic acids is 3. The van der Waals surface area contributed by atoms with E-state index >= 15 is 0 Å². The van der Waals surface area contributed by atoms with Gasteiger partial charge < -0.3 is 14.6 Å². The van der Waals surface area contributed by atoms with E-state index in [0.29, 0.717) is 38.5 Å². The second-order valence-electron chi connectivity index (χ2n) is 13.3. The van der Waals surface area contributed by atoms with Gasteiger partial charge in [-0.1, -0.05) is 24.3 Å². The van der Waals surface area contributed by atoms with Gasteiger partial charge in [-0.3, -0.25) is 14.9 Å². The summed E-state index contributed by atoms with van der Waals surface area (Å²) in [5.41, 5.74) is 3.07. The number of amides is 4. The van der Waals surface area contributed by atoms with E-state index < -0.39 is 23.8 Å². The fraction of sp³-hybridized carbons (Fsp3) is 0.351. The molecule has 4 aliphatic carbocycles. The Bertz CT molecular complexity index is 1780. The van der Waals surface area contributed by atoms with Crippen molar-refractivity contribution in [2.45, 2.75) is 57.5 Å². The minimum atomic E-state index is -1.02. The molecule has 0 unspecified atom stereocenters. The van der Waals surface area contributed by atoms with Crippen LogP contribution in [-0.4, -0.2) is 35.5 Å². The summed E-state index contributed by atoms with van der Waals surface area (Å²) in [6, 6.07) is 16.9. The summed E-state index contributed by atoms with van der Waals surface area (Å²) in [6.45, 7) is 2.27. The predicted molar refractivity (Wildman–Crippen MR) is 183 cm³/mol. The van der Waals surface area contributed by atoms with E-state index in [9.17, 15) is 24.3 Å². The third-order valence-corrected chi connectivity index (χ3v) is 10.9. The Morgan fingerprint density at radius 3 is 2.30 bits per heavy atom. The fourth-order valence-electron chi connectivity index (χ4n) is 8.51. The van der Waals surface area contributed by atoms with Crippen molar-refractivity contribution in [3.05, 3.63) is 92.1 Å². The van der Waals surface area contributed by atoms with Gasteiger partial charge in [0.05, 0.1) is 21.4 Å². The summed E-state index contributed by atoms with van der Waals surface area (Å²) in [5, 5.41) is 11.6. The van der Waals surface area contributed by atoms with Crippen molar-refractivity contribution in [2.24, 2.45) is 17.8 Å². The highest BCUT2D eigenvalue weighted by Gasteiger charge is 2.51. The zero-order chi connectivity index (χ0) is 32.9. The highest BCUT2D eigenvalue weighted by Crippen LogP contribution is 2.60. The molecule has 4 bridgehead atoms. The lowest BCUT2D eigenvalue weighted by Gasteiger charge is -2.57. The number of hydrogen-bond acceptors (Lipinski definition) is 6. The Kier molecular flexibility index (Phi) is 8.32. The van der Waals surface area contributed by atoms with Crippen molar-refractivity contribution in [2.75, 3.05) is 11.5 Å². The third-order valence-electron chi connectivity index (χ3n) is 10.1. The number of nitrogens with zero attached hydrogens (tertiary/aromatic N) is 1. The number of hydrogen-bond donors (Lipinski definition) is 2. The molecule has 0 radical (unpaired) electrons. The first-order valence-corrected chi connectivity index (χ1v) is 17.1. The highest BCUT2D eigenvalue weighted by molar-refractivity contribution is 14.1. The van der Waals surface area contributed by atoms with Crippen LogP contribution < -0.4 is 19.7 Å². The first-order chi connectivity index (χ1) is 22.6. The number of ether oxygens (including phenoxy) is 2. The molecule has 8 rings (SSSR count). The van der Waals surface area contributed by atoms with Crippen molar-refractivity contribution in [1.29, 1.82) is 0 Å². The number of urea groups is 1. The van der Waals surface area contributed by atoms with Crippen molar-refractivity contribution >= 4 is 58.2 Å². The van der Waals surface area contributed by atoms with Gasteiger partial charge in [0, 0.05) is 0 Å². The molecule has 5 fully saturated rings. The summed E-state index contributed by atoms with van der Waals surface area (Å²) in [6.07, 6.45) is 9.16. The lowest BCUT2D eigenvalue weighted by Crippen LogP contribution is -2.54. The number of rotatable bonds is 9. The first-order valence-electron chi connectivity index (χ1n) is 16.1. The minimum Gasteiger partial charge on any atom is -0.490 e. The van der Waals surface area contributed by atoms with Gasteiger partial charge in [0.2, 0.25) is 0 Å². The molecular weight excluding hydrogens is 711 g/mol. The monoisotopic (exact) mass is 746 g/mol. The van der Waals surface area contributed by atoms with Crippen molar-refractivity contribution in [3.63, 3.8) is 0 Å². The molecule has 3 aromatic rings. The van der Waals surface area contributed by atoms with Crippen molar-refractivity contribution in [1.82, 2.24) is 5.32 Å². The summed E-state index contributed by atoms with van der Waals surface area (Å²) >= 11 is 2.09. The van der Waals surface area contributed by atoms with Gasteiger partial charge in [0.15, 0.2) is 11.5 Å². The molecule has 1 aliphatic heterocycles. The van der Waals surface area contributed by atoms with E-state index in [0.717, 1.165) is 22.7 Å². The Morgan fingerprint density at radius 2 is 1.66 bits per heavy atom. The number of carbonyl (C=O) groups is 4. The molecule has 9 nitrogen and oxygen atoms in total. The van der Waals surface area contributed by atoms with Gasteiger partial charge in [0.25, 0.3) is 11.8 Å². The van der Waals surface area contributed by atoms with Gasteiger partial charge in [-0.15, -0.1) is 0 Å². The fourth-order valence-corrected chi connectivity index (χ4v) is 9.29. The Morgan fingerprint density at radius 1 is 0.979 bits per heavy atom. The lowest BCUT2D eigenvalue weighted by molar-refractivity contribution is -0.122. The van der Waals surface area contributed by atoms with Crippen LogP contribution in [0.2, 0.25) is 0 Å². The molecule has 0 aromatic heterocycles. The van der Waals surface area contributed by atoms with Gasteiger partial charge in [-0.2, -0.15) is 0 Å². The number of nitrogens with one attached hydrogen (secondary N) is 1. The van der Waals surface area contributed by atoms with E-state index in [1.807, 2.05) is 19.1 Å². The number of aromatic carboxylic acids is 1. The van der Waals surface area contributed by atoms with Crippen LogP contribution in [-0.2, 0) is 21.6 Å². The molecule has 0 spiro atoms. The van der Waals surface area contributed by atoms with Crippen LogP contribution >= 0.6 is 22.6 Å². The number of carboxylic acids is 1. The summed E-state index contributed by atoms with van der Waals surface area (Å²) in [5.74, 6) is 0.764. The maximum absolute atomic E-state index is 13.7. The van der Waals surface area contributed by atoms with Crippen LogP contribution in [0.4, 0.5) is 10.5 Å². The first kappa shape index (κ1) is 31.4. The van der Waals surface area contributed by atoms with Crippen LogP contribution in [0, 0.1) is 21.3 Å². The standard InChI is InChI=1S/C37H35IN2O7/c1-2-46-31-16-22(15-30(38)32(31)47-20-21-4-3-5-26(13-21)35(43)44)14-29-33(41)39-36(45)40(34(29)42)28-8-6-27(7-9-28)37-17-23-10-24(18-37)12-25(11-23)19-37/h3-9,13-16,23-25H,2,10-12,17-20H2,1H3,(H,43,44)(H,39,41,45)/b29-14+. The molecule has 47 heavy (non-hydrogen) atoms. The average Bonchev–Trinajstić information content (AvgIpc) is 3.02. The lowest BCUT2D eigenvalue weighted by atomic mass is 9.48. The van der Waals surface area contributed by atoms with E-state index in [1.54, 1.807) is 30.3 Å². The minimum absolute atomic E-state index is 0.108. The molecule has 2 N–H and O–H groups in total. The van der Waals surface area contributed by atoms with Crippen LogP contribution in [0.1, 0.15) is 72.5 Å². The Hall–Kier alpha value is -4.19. The SMILES string of the molecule is CCOc1cc(/C=C2\C(=O)NC(=O)N(c3ccc(C45CC6CC(CC(C6)C4)C5)cc3)C2=O)cc(I)c1OCc1cccc(C(=O)O)c1. The molecule has 3 aromatic carbocycles. The van der Waals surface area contributed by atoms with E-state index in [2.05, 4.69) is 40.0 Å². The second kappa shape index (κ2) is 12.4. The summed E-state index contributed by atoms with van der Waals surface area (Å²) in [4.78, 5) is 52.1. The quantitative estimate of drug-likeness (QED) is 0.136. The van der Waals surface area contributed by atoms with E-state index in [4.69, 9.17) is 9.47 Å². The number of halogens is 1. The third kappa shape index (κ3) is 6.03. The summed E-state index contributed by atoms with van der Waals surface area (Å²) < 4.78 is 12.6. The molecule has 5 aliphatic rings. The molecule has 242 valence electrons. The van der Waals surface area contributed by atoms with Gasteiger partial charge in [0.1, 0.15) is 12.2 Å². The van der Waals surface area contributed by atoms with Gasteiger partial charge >= 0.3 is 12.0 Å². The van der Waals surface area contributed by atoms with Crippen molar-refractivity contribution < 1.29 is 33.8 Å². The van der Waals surface area contributed by atoms with Crippen molar-refractivity contribution in [3.8, 4) is 11.5 Å². The molecule has 10 heteroatoms. The van der Waals surface area contributed by atoms with E-state index in [-0.39, 0.29) is 23.2 Å².